The molecule has 0 aromatic rings. The Morgan fingerprint density at radius 1 is 1.60 bits per heavy atom. The van der Waals surface area contributed by atoms with Gasteiger partial charge in [-0.2, -0.15) is 0 Å². The summed E-state index contributed by atoms with van der Waals surface area (Å²) in [6.45, 7) is 3.11. The van der Waals surface area contributed by atoms with Gasteiger partial charge >= 0.3 is 0 Å². The Morgan fingerprint density at radius 2 is 2.40 bits per heavy atom. The van der Waals surface area contributed by atoms with Crippen molar-refractivity contribution < 1.29 is 5.11 Å². The molecule has 2 unspecified atom stereocenters. The van der Waals surface area contributed by atoms with Crippen molar-refractivity contribution in [3.63, 3.8) is 0 Å². The van der Waals surface area contributed by atoms with Gasteiger partial charge in [-0.1, -0.05) is 13.3 Å². The highest BCUT2D eigenvalue weighted by Gasteiger charge is 2.18. The molecule has 1 aliphatic heterocycles. The van der Waals surface area contributed by atoms with Crippen LogP contribution in [0.4, 0.5) is 0 Å². The zero-order valence-electron chi connectivity index (χ0n) is 6.64. The van der Waals surface area contributed by atoms with E-state index in [9.17, 15) is 5.11 Å². The molecule has 1 saturated heterocycles. The first-order valence-electron chi connectivity index (χ1n) is 4.26. The minimum absolute atomic E-state index is 0.125. The molecule has 0 amide bonds. The Bertz CT molecular complexity index is 89.3. The van der Waals surface area contributed by atoms with Crippen LogP contribution in [0.1, 0.15) is 32.6 Å². The maximum atomic E-state index is 9.42. The number of hydrogen-bond donors (Lipinski definition) is 2. The maximum Gasteiger partial charge on any atom is 0.0690 e. The summed E-state index contributed by atoms with van der Waals surface area (Å²) in [5, 5.41) is 12.7. The lowest BCUT2D eigenvalue weighted by molar-refractivity contribution is 0.109. The van der Waals surface area contributed by atoms with E-state index in [-0.39, 0.29) is 6.10 Å². The van der Waals surface area contributed by atoms with Crippen molar-refractivity contribution in [3.05, 3.63) is 0 Å². The van der Waals surface area contributed by atoms with E-state index in [1.807, 2.05) is 6.92 Å². The van der Waals surface area contributed by atoms with E-state index in [1.54, 1.807) is 0 Å². The first-order valence-corrected chi connectivity index (χ1v) is 4.26. The Morgan fingerprint density at radius 3 is 2.90 bits per heavy atom. The van der Waals surface area contributed by atoms with Gasteiger partial charge in [0.1, 0.15) is 0 Å². The fourth-order valence-electron chi connectivity index (χ4n) is 1.49. The van der Waals surface area contributed by atoms with Gasteiger partial charge in [-0.25, -0.2) is 0 Å². The number of rotatable bonds is 2. The van der Waals surface area contributed by atoms with E-state index in [1.165, 1.54) is 12.8 Å². The van der Waals surface area contributed by atoms with Crippen molar-refractivity contribution in [2.75, 3.05) is 6.54 Å². The average Bonchev–Trinajstić information content (AvgIpc) is 2.05. The van der Waals surface area contributed by atoms with Crippen LogP contribution in [0.15, 0.2) is 0 Å². The fraction of sp³-hybridized carbons (Fsp3) is 1.00. The lowest BCUT2D eigenvalue weighted by Crippen LogP contribution is -2.42. The summed E-state index contributed by atoms with van der Waals surface area (Å²) < 4.78 is 0. The normalized spacial score (nSPS) is 30.0. The van der Waals surface area contributed by atoms with Gasteiger partial charge in [-0.15, -0.1) is 0 Å². The lowest BCUT2D eigenvalue weighted by Gasteiger charge is -2.27. The van der Waals surface area contributed by atoms with Gasteiger partial charge in [0, 0.05) is 6.04 Å². The highest BCUT2D eigenvalue weighted by atomic mass is 16.3. The minimum Gasteiger partial charge on any atom is -0.392 e. The third kappa shape index (κ3) is 1.96. The number of nitrogens with one attached hydrogen (secondary N) is 1. The summed E-state index contributed by atoms with van der Waals surface area (Å²) in [7, 11) is 0. The van der Waals surface area contributed by atoms with Crippen LogP contribution in [0.5, 0.6) is 0 Å². The summed E-state index contributed by atoms with van der Waals surface area (Å²) in [6.07, 6.45) is 4.44. The SMILES string of the molecule is CCC(O)C1CCCCN1. The monoisotopic (exact) mass is 143 g/mol. The average molecular weight is 143 g/mol. The van der Waals surface area contributed by atoms with Crippen LogP contribution < -0.4 is 5.32 Å². The van der Waals surface area contributed by atoms with E-state index >= 15 is 0 Å². The Kier molecular flexibility index (Phi) is 3.16. The highest BCUT2D eigenvalue weighted by Crippen LogP contribution is 2.11. The molecule has 2 N–H and O–H groups in total. The molecule has 2 nitrogen and oxygen atoms in total. The molecule has 0 aromatic heterocycles. The predicted molar refractivity (Wildman–Crippen MR) is 41.9 cm³/mol. The third-order valence-corrected chi connectivity index (χ3v) is 2.23. The van der Waals surface area contributed by atoms with Crippen LogP contribution in [-0.4, -0.2) is 23.8 Å². The van der Waals surface area contributed by atoms with E-state index in [4.69, 9.17) is 0 Å². The molecule has 10 heavy (non-hydrogen) atoms. The van der Waals surface area contributed by atoms with Gasteiger partial charge in [-0.05, 0) is 25.8 Å². The van der Waals surface area contributed by atoms with Crippen LogP contribution in [0.2, 0.25) is 0 Å². The molecular weight excluding hydrogens is 126 g/mol. The second-order valence-electron chi connectivity index (χ2n) is 3.03. The number of hydrogen-bond acceptors (Lipinski definition) is 2. The molecule has 0 spiro atoms. The van der Waals surface area contributed by atoms with Crippen molar-refractivity contribution in [1.29, 1.82) is 0 Å². The zero-order valence-corrected chi connectivity index (χ0v) is 6.64. The molecule has 0 saturated carbocycles. The summed E-state index contributed by atoms with van der Waals surface area (Å²) in [4.78, 5) is 0. The Labute approximate surface area is 62.6 Å². The molecule has 2 heteroatoms. The Balaban J connectivity index is 2.24. The van der Waals surface area contributed by atoms with Gasteiger partial charge in [0.15, 0.2) is 0 Å². The van der Waals surface area contributed by atoms with E-state index in [2.05, 4.69) is 5.32 Å². The topological polar surface area (TPSA) is 32.3 Å². The molecule has 0 aromatic carbocycles. The molecular formula is C8H17NO. The molecule has 1 aliphatic rings. The number of aliphatic hydroxyl groups excluding tert-OH is 1. The molecule has 0 aliphatic carbocycles. The molecule has 0 bridgehead atoms. The van der Waals surface area contributed by atoms with Gasteiger partial charge in [0.2, 0.25) is 0 Å². The van der Waals surface area contributed by atoms with E-state index in [0.29, 0.717) is 6.04 Å². The lowest BCUT2D eigenvalue weighted by atomic mass is 9.99. The largest absolute Gasteiger partial charge is 0.392 e. The van der Waals surface area contributed by atoms with Gasteiger partial charge < -0.3 is 10.4 Å². The summed E-state index contributed by atoms with van der Waals surface area (Å²) in [5.41, 5.74) is 0. The van der Waals surface area contributed by atoms with Crippen LogP contribution in [-0.2, 0) is 0 Å². The first kappa shape index (κ1) is 8.02. The van der Waals surface area contributed by atoms with Crippen molar-refractivity contribution in [3.8, 4) is 0 Å². The zero-order chi connectivity index (χ0) is 7.40. The minimum atomic E-state index is -0.125. The quantitative estimate of drug-likeness (QED) is 0.602. The van der Waals surface area contributed by atoms with Gasteiger partial charge in [0.25, 0.3) is 0 Å². The van der Waals surface area contributed by atoms with E-state index in [0.717, 1.165) is 19.4 Å². The van der Waals surface area contributed by atoms with Gasteiger partial charge in [-0.3, -0.25) is 0 Å². The van der Waals surface area contributed by atoms with Gasteiger partial charge in [0.05, 0.1) is 6.10 Å². The maximum absolute atomic E-state index is 9.42. The smallest absolute Gasteiger partial charge is 0.0690 e. The summed E-state index contributed by atoms with van der Waals surface area (Å²) in [5.74, 6) is 0. The molecule has 1 fully saturated rings. The predicted octanol–water partition coefficient (Wildman–Crippen LogP) is 0.899. The summed E-state index contributed by atoms with van der Waals surface area (Å²) >= 11 is 0. The molecule has 2 atom stereocenters. The number of piperidine rings is 1. The second-order valence-corrected chi connectivity index (χ2v) is 3.03. The number of aliphatic hydroxyl groups is 1. The molecule has 60 valence electrons. The Hall–Kier alpha value is -0.0800. The van der Waals surface area contributed by atoms with Crippen molar-refractivity contribution in [2.45, 2.75) is 44.8 Å². The van der Waals surface area contributed by atoms with Crippen molar-refractivity contribution in [2.24, 2.45) is 0 Å². The van der Waals surface area contributed by atoms with Crippen molar-refractivity contribution >= 4 is 0 Å². The molecule has 1 rings (SSSR count). The second kappa shape index (κ2) is 3.94. The van der Waals surface area contributed by atoms with Crippen LogP contribution in [0.3, 0.4) is 0 Å². The third-order valence-electron chi connectivity index (χ3n) is 2.23. The van der Waals surface area contributed by atoms with E-state index < -0.39 is 0 Å². The molecule has 1 heterocycles. The fourth-order valence-corrected chi connectivity index (χ4v) is 1.49. The van der Waals surface area contributed by atoms with Crippen LogP contribution in [0, 0.1) is 0 Å². The van der Waals surface area contributed by atoms with Crippen molar-refractivity contribution in [1.82, 2.24) is 5.32 Å². The van der Waals surface area contributed by atoms with Crippen LogP contribution >= 0.6 is 0 Å². The molecule has 0 radical (unpaired) electrons. The summed E-state index contributed by atoms with van der Waals surface area (Å²) in [6, 6.07) is 0.374. The first-order chi connectivity index (χ1) is 4.84. The van der Waals surface area contributed by atoms with Crippen LogP contribution in [0.25, 0.3) is 0 Å². The highest BCUT2D eigenvalue weighted by molar-refractivity contribution is 4.77. The standard InChI is InChI=1S/C8H17NO/c1-2-8(10)7-5-3-4-6-9-7/h7-10H,2-6H2,1H3.